The monoisotopic (exact) mass is 374 g/mol. The van der Waals surface area contributed by atoms with E-state index in [4.69, 9.17) is 4.74 Å². The first kappa shape index (κ1) is 19.5. The molecule has 142 valence electrons. The van der Waals surface area contributed by atoms with Crippen molar-refractivity contribution in [3.8, 4) is 23.4 Å². The molecule has 2 aromatic rings. The van der Waals surface area contributed by atoms with Gasteiger partial charge in [-0.2, -0.15) is 10.5 Å². The van der Waals surface area contributed by atoms with Gasteiger partial charge < -0.3 is 4.74 Å². The lowest BCUT2D eigenvalue weighted by Crippen LogP contribution is -2.28. The summed E-state index contributed by atoms with van der Waals surface area (Å²) in [5.74, 6) is -0.244. The van der Waals surface area contributed by atoms with Crippen LogP contribution in [0, 0.1) is 22.7 Å². The van der Waals surface area contributed by atoms with Crippen LogP contribution in [0.3, 0.4) is 0 Å². The second-order valence-electron chi connectivity index (χ2n) is 6.88. The van der Waals surface area contributed by atoms with Gasteiger partial charge in [0.05, 0.1) is 18.0 Å². The molecule has 1 heterocycles. The largest absolute Gasteiger partial charge is 0.466 e. The second-order valence-corrected chi connectivity index (χ2v) is 6.88. The molecule has 0 amide bonds. The lowest BCUT2D eigenvalue weighted by molar-refractivity contribution is -0.143. The number of carbonyl (C=O) groups excluding carboxylic acids is 1. The molecule has 0 spiro atoms. The minimum Gasteiger partial charge on any atom is -0.466 e. The Hall–Kier alpha value is -3.25. The smallest absolute Gasteiger partial charge is 0.305 e. The molecule has 0 bridgehead atoms. The Kier molecular flexibility index (Phi) is 5.70. The van der Waals surface area contributed by atoms with Crippen molar-refractivity contribution in [1.82, 2.24) is 9.97 Å². The van der Waals surface area contributed by atoms with Gasteiger partial charge in [-0.05, 0) is 25.3 Å². The highest BCUT2D eigenvalue weighted by molar-refractivity contribution is 5.78. The molecule has 1 aliphatic carbocycles. The molecule has 1 aromatic heterocycles. The van der Waals surface area contributed by atoms with Crippen molar-refractivity contribution in [2.24, 2.45) is 0 Å². The minimum atomic E-state index is -0.513. The summed E-state index contributed by atoms with van der Waals surface area (Å²) in [6.45, 7) is 4.25. The summed E-state index contributed by atoms with van der Waals surface area (Å²) >= 11 is 0. The first-order chi connectivity index (χ1) is 13.6. The van der Waals surface area contributed by atoms with Gasteiger partial charge in [0, 0.05) is 17.4 Å². The van der Waals surface area contributed by atoms with E-state index in [1.807, 2.05) is 36.4 Å². The van der Waals surface area contributed by atoms with Gasteiger partial charge in [-0.15, -0.1) is 0 Å². The molecule has 0 aliphatic heterocycles. The number of carbonyl (C=O) groups is 1. The lowest BCUT2D eigenvalue weighted by Gasteiger charge is -2.31. The Balaban J connectivity index is 2.20. The number of ether oxygens (including phenoxy) is 1. The van der Waals surface area contributed by atoms with Crippen LogP contribution in [-0.2, 0) is 14.9 Å². The molecule has 6 heteroatoms. The fraction of sp³-hybridized carbons (Fsp3) is 0.409. The molecule has 1 atom stereocenters. The van der Waals surface area contributed by atoms with E-state index >= 15 is 0 Å². The van der Waals surface area contributed by atoms with Gasteiger partial charge in [-0.25, -0.2) is 9.97 Å². The summed E-state index contributed by atoms with van der Waals surface area (Å²) in [4.78, 5) is 21.2. The number of nitrogens with zero attached hydrogens (tertiary/aromatic N) is 4. The van der Waals surface area contributed by atoms with E-state index < -0.39 is 5.41 Å². The average molecular weight is 374 g/mol. The van der Waals surface area contributed by atoms with Crippen LogP contribution in [0.4, 0.5) is 0 Å². The molecule has 3 rings (SSSR count). The van der Waals surface area contributed by atoms with Crippen molar-refractivity contribution in [2.45, 2.75) is 51.4 Å². The number of nitriles is 2. The van der Waals surface area contributed by atoms with Crippen molar-refractivity contribution in [3.05, 3.63) is 46.9 Å². The second kappa shape index (κ2) is 8.19. The standard InChI is InChI=1S/C22H22N4O2/c1-3-5-11-22(12-10-19(27)28-4-2)16-9-7-6-8-15(16)20-21(22)26-18(14-24)17(13-23)25-20/h6-9H,3-5,10-12H2,1-2H3. The van der Waals surface area contributed by atoms with E-state index in [1.165, 1.54) is 0 Å². The first-order valence-electron chi connectivity index (χ1n) is 9.59. The van der Waals surface area contributed by atoms with Crippen LogP contribution in [-0.4, -0.2) is 22.5 Å². The zero-order chi connectivity index (χ0) is 20.1. The highest BCUT2D eigenvalue weighted by Crippen LogP contribution is 2.52. The molecule has 0 fully saturated rings. The molecule has 1 aliphatic rings. The number of fused-ring (bicyclic) bond motifs is 3. The molecule has 1 unspecified atom stereocenters. The Morgan fingerprint density at radius 3 is 2.50 bits per heavy atom. The van der Waals surface area contributed by atoms with Gasteiger partial charge in [-0.1, -0.05) is 44.0 Å². The summed E-state index contributed by atoms with van der Waals surface area (Å²) in [5.41, 5.74) is 2.88. The van der Waals surface area contributed by atoms with E-state index in [9.17, 15) is 15.3 Å². The van der Waals surface area contributed by atoms with E-state index in [2.05, 4.69) is 16.9 Å². The van der Waals surface area contributed by atoms with Gasteiger partial charge in [0.25, 0.3) is 0 Å². The van der Waals surface area contributed by atoms with Crippen LogP contribution >= 0.6 is 0 Å². The third-order valence-electron chi connectivity index (χ3n) is 5.28. The predicted octanol–water partition coefficient (Wildman–Crippen LogP) is 4.02. The lowest BCUT2D eigenvalue weighted by atomic mass is 9.73. The maximum Gasteiger partial charge on any atom is 0.305 e. The van der Waals surface area contributed by atoms with Crippen LogP contribution < -0.4 is 0 Å². The minimum absolute atomic E-state index is 0.0334. The SMILES string of the molecule is CCCCC1(CCC(=O)OCC)c2ccccc2-c2nc(C#N)c(C#N)nc21. The normalized spacial score (nSPS) is 16.6. The van der Waals surface area contributed by atoms with Crippen molar-refractivity contribution in [1.29, 1.82) is 10.5 Å². The quantitative estimate of drug-likeness (QED) is 0.679. The van der Waals surface area contributed by atoms with Crippen molar-refractivity contribution >= 4 is 5.97 Å². The Morgan fingerprint density at radius 2 is 1.82 bits per heavy atom. The zero-order valence-electron chi connectivity index (χ0n) is 16.2. The van der Waals surface area contributed by atoms with Crippen molar-refractivity contribution in [3.63, 3.8) is 0 Å². The van der Waals surface area contributed by atoms with Gasteiger partial charge in [0.15, 0.2) is 11.4 Å². The third-order valence-corrected chi connectivity index (χ3v) is 5.28. The first-order valence-corrected chi connectivity index (χ1v) is 9.59. The summed E-state index contributed by atoms with van der Waals surface area (Å²) in [6, 6.07) is 11.9. The maximum absolute atomic E-state index is 12.1. The summed E-state index contributed by atoms with van der Waals surface area (Å²) in [5, 5.41) is 18.8. The molecule has 0 radical (unpaired) electrons. The number of unbranched alkanes of at least 4 members (excludes halogenated alkanes) is 1. The molecule has 1 aromatic carbocycles. The third kappa shape index (κ3) is 3.23. The Bertz CT molecular complexity index is 987. The number of aromatic nitrogens is 2. The number of hydrogen-bond donors (Lipinski definition) is 0. The maximum atomic E-state index is 12.1. The van der Waals surface area contributed by atoms with Gasteiger partial charge in [-0.3, -0.25) is 4.79 Å². The van der Waals surface area contributed by atoms with Crippen LogP contribution in [0.15, 0.2) is 24.3 Å². The molecule has 0 saturated carbocycles. The number of rotatable bonds is 7. The fourth-order valence-electron chi connectivity index (χ4n) is 4.01. The molecule has 28 heavy (non-hydrogen) atoms. The predicted molar refractivity (Wildman–Crippen MR) is 103 cm³/mol. The molecule has 0 saturated heterocycles. The highest BCUT2D eigenvalue weighted by Gasteiger charge is 2.45. The van der Waals surface area contributed by atoms with Crippen LogP contribution in [0.2, 0.25) is 0 Å². The summed E-state index contributed by atoms with van der Waals surface area (Å²) in [7, 11) is 0. The van der Waals surface area contributed by atoms with Crippen molar-refractivity contribution in [2.75, 3.05) is 6.61 Å². The van der Waals surface area contributed by atoms with Gasteiger partial charge >= 0.3 is 5.97 Å². The molecular formula is C22H22N4O2. The van der Waals surface area contributed by atoms with Gasteiger partial charge in [0.1, 0.15) is 12.1 Å². The van der Waals surface area contributed by atoms with E-state index in [0.29, 0.717) is 24.4 Å². The zero-order valence-corrected chi connectivity index (χ0v) is 16.2. The fourth-order valence-corrected chi connectivity index (χ4v) is 4.01. The molecule has 6 nitrogen and oxygen atoms in total. The Labute approximate surface area is 164 Å². The number of benzene rings is 1. The van der Waals surface area contributed by atoms with E-state index in [0.717, 1.165) is 30.4 Å². The highest BCUT2D eigenvalue weighted by atomic mass is 16.5. The molecular weight excluding hydrogens is 352 g/mol. The summed E-state index contributed by atoms with van der Waals surface area (Å²) in [6.07, 6.45) is 3.52. The van der Waals surface area contributed by atoms with Gasteiger partial charge in [0.2, 0.25) is 0 Å². The number of hydrogen-bond acceptors (Lipinski definition) is 6. The van der Waals surface area contributed by atoms with E-state index in [1.54, 1.807) is 6.92 Å². The Morgan fingerprint density at radius 1 is 1.11 bits per heavy atom. The summed E-state index contributed by atoms with van der Waals surface area (Å²) < 4.78 is 5.14. The topological polar surface area (TPSA) is 99.7 Å². The van der Waals surface area contributed by atoms with Crippen LogP contribution in [0.1, 0.15) is 68.6 Å². The number of esters is 1. The van der Waals surface area contributed by atoms with Crippen molar-refractivity contribution < 1.29 is 9.53 Å². The van der Waals surface area contributed by atoms with Crippen LogP contribution in [0.5, 0.6) is 0 Å². The molecule has 0 N–H and O–H groups in total. The average Bonchev–Trinajstić information content (AvgIpc) is 2.99. The van der Waals surface area contributed by atoms with E-state index in [-0.39, 0.29) is 23.8 Å². The van der Waals surface area contributed by atoms with Crippen LogP contribution in [0.25, 0.3) is 11.3 Å².